The van der Waals surface area contributed by atoms with Crippen molar-refractivity contribution < 1.29 is 13.2 Å². The van der Waals surface area contributed by atoms with Crippen LogP contribution in [0.1, 0.15) is 18.4 Å². The van der Waals surface area contributed by atoms with Crippen LogP contribution >= 0.6 is 11.6 Å². The van der Waals surface area contributed by atoms with E-state index in [9.17, 15) is 13.2 Å². The zero-order chi connectivity index (χ0) is 18.4. The Morgan fingerprint density at radius 1 is 1.24 bits per heavy atom. The molecule has 1 aromatic carbocycles. The summed E-state index contributed by atoms with van der Waals surface area (Å²) in [6.07, 6.45) is 4.58. The van der Waals surface area contributed by atoms with Crippen molar-refractivity contribution >= 4 is 33.4 Å². The summed E-state index contributed by atoms with van der Waals surface area (Å²) in [4.78, 5) is 16.4. The molecule has 1 atom stereocenters. The van der Waals surface area contributed by atoms with Crippen molar-refractivity contribution in [3.8, 4) is 0 Å². The molecule has 7 heteroatoms. The Kier molecular flexibility index (Phi) is 7.04. The molecule has 1 aromatic rings. The summed E-state index contributed by atoms with van der Waals surface area (Å²) >= 11 is 5.86. The number of hydrogen-bond donors (Lipinski definition) is 0. The van der Waals surface area contributed by atoms with Gasteiger partial charge in [0.25, 0.3) is 0 Å². The Morgan fingerprint density at radius 3 is 2.48 bits per heavy atom. The summed E-state index contributed by atoms with van der Waals surface area (Å²) in [6, 6.07) is 6.98. The maximum Gasteiger partial charge on any atom is 0.246 e. The van der Waals surface area contributed by atoms with E-state index < -0.39 is 9.84 Å². The Morgan fingerprint density at radius 2 is 1.92 bits per heavy atom. The second kappa shape index (κ2) is 8.83. The van der Waals surface area contributed by atoms with E-state index in [1.807, 2.05) is 26.2 Å². The fraction of sp³-hybridized carbons (Fsp3) is 0.500. The van der Waals surface area contributed by atoms with E-state index in [2.05, 4.69) is 4.90 Å². The first-order valence-electron chi connectivity index (χ1n) is 8.36. The second-order valence-corrected chi connectivity index (χ2v) is 9.30. The highest BCUT2D eigenvalue weighted by atomic mass is 35.5. The van der Waals surface area contributed by atoms with E-state index in [0.717, 1.165) is 18.5 Å². The lowest BCUT2D eigenvalue weighted by Crippen LogP contribution is -2.41. The minimum atomic E-state index is -3.03. The predicted octanol–water partition coefficient (Wildman–Crippen LogP) is 2.32. The minimum absolute atomic E-state index is 0.0650. The van der Waals surface area contributed by atoms with Gasteiger partial charge < -0.3 is 9.80 Å². The van der Waals surface area contributed by atoms with Crippen LogP contribution in [0.15, 0.2) is 30.3 Å². The van der Waals surface area contributed by atoms with Crippen LogP contribution in [0.4, 0.5) is 0 Å². The van der Waals surface area contributed by atoms with Crippen molar-refractivity contribution in [1.82, 2.24) is 9.80 Å². The van der Waals surface area contributed by atoms with Gasteiger partial charge in [-0.3, -0.25) is 4.79 Å². The molecule has 0 aliphatic carbocycles. The van der Waals surface area contributed by atoms with Crippen molar-refractivity contribution in [3.05, 3.63) is 40.9 Å². The van der Waals surface area contributed by atoms with Crippen LogP contribution in [0.25, 0.3) is 6.08 Å². The van der Waals surface area contributed by atoms with Crippen LogP contribution in [0.5, 0.6) is 0 Å². The van der Waals surface area contributed by atoms with Gasteiger partial charge in [-0.1, -0.05) is 23.7 Å². The van der Waals surface area contributed by atoms with Crippen LogP contribution in [-0.2, 0) is 14.6 Å². The summed E-state index contributed by atoms with van der Waals surface area (Å²) in [6.45, 7) is 1.41. The standard InChI is InChI=1S/C18H25ClN2O3S/c1-20(2)11-3-12-21(17-10-13-25(23,24)14-17)18(22)9-6-15-4-7-16(19)8-5-15/h4-9,17H,3,10-14H2,1-2H3/b9-6+. The molecule has 0 aromatic heterocycles. The van der Waals surface area contributed by atoms with E-state index in [1.54, 1.807) is 23.1 Å². The molecule has 1 saturated heterocycles. The molecule has 0 radical (unpaired) electrons. The first-order valence-corrected chi connectivity index (χ1v) is 10.6. The van der Waals surface area contributed by atoms with Gasteiger partial charge in [0.2, 0.25) is 5.91 Å². The first kappa shape index (κ1) is 19.9. The number of rotatable bonds is 7. The van der Waals surface area contributed by atoms with Crippen molar-refractivity contribution in [2.75, 3.05) is 38.7 Å². The van der Waals surface area contributed by atoms with Gasteiger partial charge in [-0.25, -0.2) is 8.42 Å². The monoisotopic (exact) mass is 384 g/mol. The van der Waals surface area contributed by atoms with E-state index in [1.165, 1.54) is 6.08 Å². The third-order valence-electron chi connectivity index (χ3n) is 4.22. The molecule has 1 amide bonds. The SMILES string of the molecule is CN(C)CCCN(C(=O)/C=C/c1ccc(Cl)cc1)C1CCS(=O)(=O)C1. The van der Waals surface area contributed by atoms with E-state index >= 15 is 0 Å². The molecule has 1 heterocycles. The average Bonchev–Trinajstić information content (AvgIpc) is 2.90. The summed E-state index contributed by atoms with van der Waals surface area (Å²) < 4.78 is 23.6. The van der Waals surface area contributed by atoms with Crippen molar-refractivity contribution in [2.24, 2.45) is 0 Å². The lowest BCUT2D eigenvalue weighted by atomic mass is 10.1. The van der Waals surface area contributed by atoms with Crippen molar-refractivity contribution in [2.45, 2.75) is 18.9 Å². The van der Waals surface area contributed by atoms with Gasteiger partial charge in [0.15, 0.2) is 9.84 Å². The van der Waals surface area contributed by atoms with E-state index in [0.29, 0.717) is 18.0 Å². The van der Waals surface area contributed by atoms with Gasteiger partial charge in [-0.15, -0.1) is 0 Å². The molecule has 0 N–H and O–H groups in total. The van der Waals surface area contributed by atoms with Gasteiger partial charge in [-0.05, 0) is 57.3 Å². The number of sulfone groups is 1. The largest absolute Gasteiger partial charge is 0.335 e. The third-order valence-corrected chi connectivity index (χ3v) is 6.23. The second-order valence-electron chi connectivity index (χ2n) is 6.63. The van der Waals surface area contributed by atoms with Crippen LogP contribution in [-0.4, -0.2) is 68.9 Å². The zero-order valence-electron chi connectivity index (χ0n) is 14.7. The molecule has 25 heavy (non-hydrogen) atoms. The van der Waals surface area contributed by atoms with Gasteiger partial charge >= 0.3 is 0 Å². The molecule has 5 nitrogen and oxygen atoms in total. The summed E-state index contributed by atoms with van der Waals surface area (Å²) in [5, 5.41) is 0.643. The van der Waals surface area contributed by atoms with Crippen LogP contribution in [0, 0.1) is 0 Å². The van der Waals surface area contributed by atoms with E-state index in [-0.39, 0.29) is 23.5 Å². The molecule has 1 fully saturated rings. The highest BCUT2D eigenvalue weighted by Gasteiger charge is 2.33. The Bertz CT molecular complexity index is 714. The normalized spacial score (nSPS) is 19.6. The first-order chi connectivity index (χ1) is 11.8. The molecular weight excluding hydrogens is 360 g/mol. The summed E-state index contributed by atoms with van der Waals surface area (Å²) in [5.41, 5.74) is 0.880. The van der Waals surface area contributed by atoms with Crippen LogP contribution in [0.3, 0.4) is 0 Å². The molecule has 1 aliphatic heterocycles. The number of benzene rings is 1. The fourth-order valence-electron chi connectivity index (χ4n) is 2.89. The van der Waals surface area contributed by atoms with Crippen LogP contribution in [0.2, 0.25) is 5.02 Å². The quantitative estimate of drug-likeness (QED) is 0.677. The molecule has 1 unspecified atom stereocenters. The maximum absolute atomic E-state index is 12.7. The molecule has 0 bridgehead atoms. The van der Waals surface area contributed by atoms with Gasteiger partial charge in [-0.2, -0.15) is 0 Å². The van der Waals surface area contributed by atoms with Crippen LogP contribution < -0.4 is 0 Å². The lowest BCUT2D eigenvalue weighted by molar-refractivity contribution is -0.127. The number of nitrogens with zero attached hydrogens (tertiary/aromatic N) is 2. The fourth-order valence-corrected chi connectivity index (χ4v) is 4.75. The molecule has 0 saturated carbocycles. The third kappa shape index (κ3) is 6.45. The number of amides is 1. The summed E-state index contributed by atoms with van der Waals surface area (Å²) in [7, 11) is 0.927. The minimum Gasteiger partial charge on any atom is -0.335 e. The molecular formula is C18H25ClN2O3S. The number of halogens is 1. The molecule has 138 valence electrons. The average molecular weight is 385 g/mol. The Hall–Kier alpha value is -1.37. The molecule has 1 aliphatic rings. The highest BCUT2D eigenvalue weighted by Crippen LogP contribution is 2.19. The summed E-state index contributed by atoms with van der Waals surface area (Å²) in [5.74, 6) is 0.0849. The van der Waals surface area contributed by atoms with Crippen molar-refractivity contribution in [1.29, 1.82) is 0 Å². The molecule has 2 rings (SSSR count). The van der Waals surface area contributed by atoms with E-state index in [4.69, 9.17) is 11.6 Å². The van der Waals surface area contributed by atoms with Gasteiger partial charge in [0, 0.05) is 23.7 Å². The number of hydrogen-bond acceptors (Lipinski definition) is 4. The number of carbonyl (C=O) groups is 1. The smallest absolute Gasteiger partial charge is 0.246 e. The Labute approximate surface area is 155 Å². The van der Waals surface area contributed by atoms with Gasteiger partial charge in [0.05, 0.1) is 11.5 Å². The number of carbonyl (C=O) groups excluding carboxylic acids is 1. The zero-order valence-corrected chi connectivity index (χ0v) is 16.3. The van der Waals surface area contributed by atoms with Gasteiger partial charge in [0.1, 0.15) is 0 Å². The molecule has 0 spiro atoms. The van der Waals surface area contributed by atoms with Crippen molar-refractivity contribution in [3.63, 3.8) is 0 Å². The maximum atomic E-state index is 12.7. The highest BCUT2D eigenvalue weighted by molar-refractivity contribution is 7.91. The topological polar surface area (TPSA) is 57.7 Å². The Balaban J connectivity index is 2.07. The predicted molar refractivity (Wildman–Crippen MR) is 102 cm³/mol. The lowest BCUT2D eigenvalue weighted by Gasteiger charge is -2.27.